The van der Waals surface area contributed by atoms with Gasteiger partial charge in [0, 0.05) is 39.1 Å². The molecule has 1 atom stereocenters. The lowest BCUT2D eigenvalue weighted by Gasteiger charge is -2.16. The van der Waals surface area contributed by atoms with Crippen LogP contribution in [0, 0.1) is 0 Å². The van der Waals surface area contributed by atoms with Gasteiger partial charge in [0.2, 0.25) is 0 Å². The summed E-state index contributed by atoms with van der Waals surface area (Å²) >= 11 is 0. The number of hydrogen-bond donors (Lipinski definition) is 2. The summed E-state index contributed by atoms with van der Waals surface area (Å²) in [6.07, 6.45) is 5.03. The van der Waals surface area contributed by atoms with Gasteiger partial charge in [0.05, 0.1) is 0 Å². The molecule has 1 aromatic rings. The lowest BCUT2D eigenvalue weighted by atomic mass is 10.2. The van der Waals surface area contributed by atoms with E-state index < -0.39 is 0 Å². The predicted octanol–water partition coefficient (Wildman–Crippen LogP) is 0.735. The van der Waals surface area contributed by atoms with Crippen LogP contribution in [-0.4, -0.2) is 39.9 Å². The average Bonchev–Trinajstić information content (AvgIpc) is 2.86. The first-order valence-corrected chi connectivity index (χ1v) is 8.29. The van der Waals surface area contributed by atoms with E-state index in [1.165, 1.54) is 0 Å². The number of fused-ring (bicyclic) bond motifs is 1. The zero-order chi connectivity index (χ0) is 15.9. The highest BCUT2D eigenvalue weighted by Crippen LogP contribution is 2.09. The molecule has 2 N–H and O–H groups in total. The van der Waals surface area contributed by atoms with Crippen LogP contribution in [0.4, 0.5) is 0 Å². The Morgan fingerprint density at radius 1 is 1.45 bits per heavy atom. The summed E-state index contributed by atoms with van der Waals surface area (Å²) in [5.41, 5.74) is 0.0387. The Hall–Kier alpha value is -1.79. The average molecular weight is 308 g/mol. The first-order chi connectivity index (χ1) is 10.7. The SMILES string of the molecule is CCC(C)NC(=NC)NCCCn1nc2n(c1=O)CCCC2. The van der Waals surface area contributed by atoms with E-state index in [1.807, 2.05) is 4.57 Å². The van der Waals surface area contributed by atoms with Crippen LogP contribution in [0.2, 0.25) is 0 Å². The number of guanidine groups is 1. The summed E-state index contributed by atoms with van der Waals surface area (Å²) in [5.74, 6) is 1.75. The first kappa shape index (κ1) is 16.6. The number of rotatable bonds is 6. The Morgan fingerprint density at radius 3 is 2.95 bits per heavy atom. The third kappa shape index (κ3) is 4.11. The summed E-state index contributed by atoms with van der Waals surface area (Å²) in [6, 6.07) is 0.397. The summed E-state index contributed by atoms with van der Waals surface area (Å²) < 4.78 is 3.42. The van der Waals surface area contributed by atoms with Crippen LogP contribution in [0.5, 0.6) is 0 Å². The van der Waals surface area contributed by atoms with E-state index in [0.29, 0.717) is 12.6 Å². The molecule has 124 valence electrons. The highest BCUT2D eigenvalue weighted by atomic mass is 16.2. The Balaban J connectivity index is 1.79. The molecule has 7 heteroatoms. The fourth-order valence-corrected chi connectivity index (χ4v) is 2.56. The van der Waals surface area contributed by atoms with Crippen LogP contribution < -0.4 is 16.3 Å². The van der Waals surface area contributed by atoms with Crippen molar-refractivity contribution in [3.63, 3.8) is 0 Å². The molecule has 0 saturated heterocycles. The predicted molar refractivity (Wildman–Crippen MR) is 88.3 cm³/mol. The third-order valence-electron chi connectivity index (χ3n) is 4.09. The van der Waals surface area contributed by atoms with Crippen molar-refractivity contribution >= 4 is 5.96 Å². The Labute approximate surface area is 131 Å². The summed E-state index contributed by atoms with van der Waals surface area (Å²) in [7, 11) is 1.77. The van der Waals surface area contributed by atoms with E-state index in [0.717, 1.165) is 57.0 Å². The molecular formula is C15H28N6O. The normalized spacial score (nSPS) is 16.2. The van der Waals surface area contributed by atoms with Crippen molar-refractivity contribution in [2.24, 2.45) is 4.99 Å². The van der Waals surface area contributed by atoms with Gasteiger partial charge in [-0.05, 0) is 32.6 Å². The molecule has 0 aliphatic carbocycles. The second-order valence-corrected chi connectivity index (χ2v) is 5.84. The van der Waals surface area contributed by atoms with Gasteiger partial charge in [0.15, 0.2) is 5.96 Å². The second kappa shape index (κ2) is 8.00. The van der Waals surface area contributed by atoms with Gasteiger partial charge in [-0.2, -0.15) is 5.10 Å². The van der Waals surface area contributed by atoms with E-state index >= 15 is 0 Å². The van der Waals surface area contributed by atoms with Gasteiger partial charge < -0.3 is 10.6 Å². The van der Waals surface area contributed by atoms with Gasteiger partial charge in [0.25, 0.3) is 0 Å². The van der Waals surface area contributed by atoms with Crippen molar-refractivity contribution in [3.05, 3.63) is 16.3 Å². The van der Waals surface area contributed by atoms with Gasteiger partial charge in [0.1, 0.15) is 5.82 Å². The largest absolute Gasteiger partial charge is 0.356 e. The zero-order valence-corrected chi connectivity index (χ0v) is 13.9. The van der Waals surface area contributed by atoms with Crippen molar-refractivity contribution < 1.29 is 0 Å². The lowest BCUT2D eigenvalue weighted by Crippen LogP contribution is -2.42. The maximum absolute atomic E-state index is 12.2. The smallest absolute Gasteiger partial charge is 0.345 e. The second-order valence-electron chi connectivity index (χ2n) is 5.84. The molecule has 1 aliphatic rings. The Morgan fingerprint density at radius 2 is 2.27 bits per heavy atom. The number of nitrogens with zero attached hydrogens (tertiary/aromatic N) is 4. The van der Waals surface area contributed by atoms with Crippen molar-refractivity contribution in [1.29, 1.82) is 0 Å². The molecule has 0 spiro atoms. The molecule has 1 aromatic heterocycles. The Kier molecular flexibility index (Phi) is 6.03. The van der Waals surface area contributed by atoms with Gasteiger partial charge in [-0.3, -0.25) is 9.56 Å². The molecule has 1 aliphatic heterocycles. The van der Waals surface area contributed by atoms with Gasteiger partial charge in [-0.1, -0.05) is 6.92 Å². The molecular weight excluding hydrogens is 280 g/mol. The van der Waals surface area contributed by atoms with E-state index in [9.17, 15) is 4.79 Å². The zero-order valence-electron chi connectivity index (χ0n) is 13.9. The van der Waals surface area contributed by atoms with E-state index in [2.05, 4.69) is 34.6 Å². The summed E-state index contributed by atoms with van der Waals surface area (Å²) in [5, 5.41) is 11.0. The summed E-state index contributed by atoms with van der Waals surface area (Å²) in [6.45, 7) is 6.49. The molecule has 22 heavy (non-hydrogen) atoms. The minimum atomic E-state index is 0.0387. The van der Waals surface area contributed by atoms with Crippen LogP contribution in [0.1, 0.15) is 45.4 Å². The highest BCUT2D eigenvalue weighted by molar-refractivity contribution is 5.79. The fourth-order valence-electron chi connectivity index (χ4n) is 2.56. The molecule has 0 amide bonds. The maximum atomic E-state index is 12.2. The number of aromatic nitrogens is 3. The minimum Gasteiger partial charge on any atom is -0.356 e. The van der Waals surface area contributed by atoms with Crippen LogP contribution in [0.25, 0.3) is 0 Å². The maximum Gasteiger partial charge on any atom is 0.345 e. The molecule has 0 radical (unpaired) electrons. The quantitative estimate of drug-likeness (QED) is 0.461. The van der Waals surface area contributed by atoms with Crippen molar-refractivity contribution in [2.45, 2.75) is 65.1 Å². The van der Waals surface area contributed by atoms with Gasteiger partial charge >= 0.3 is 5.69 Å². The number of aryl methyl sites for hydroxylation is 2. The van der Waals surface area contributed by atoms with E-state index in [4.69, 9.17) is 0 Å². The number of hydrogen-bond acceptors (Lipinski definition) is 3. The van der Waals surface area contributed by atoms with Crippen molar-refractivity contribution in [2.75, 3.05) is 13.6 Å². The number of nitrogens with one attached hydrogen (secondary N) is 2. The molecule has 1 unspecified atom stereocenters. The molecule has 0 fully saturated rings. The molecule has 0 bridgehead atoms. The van der Waals surface area contributed by atoms with E-state index in [-0.39, 0.29) is 5.69 Å². The highest BCUT2D eigenvalue weighted by Gasteiger charge is 2.16. The van der Waals surface area contributed by atoms with Crippen LogP contribution >= 0.6 is 0 Å². The van der Waals surface area contributed by atoms with Crippen LogP contribution in [0.15, 0.2) is 9.79 Å². The molecule has 2 rings (SSSR count). The first-order valence-electron chi connectivity index (χ1n) is 8.29. The van der Waals surface area contributed by atoms with Crippen LogP contribution in [-0.2, 0) is 19.5 Å². The molecule has 0 saturated carbocycles. The van der Waals surface area contributed by atoms with Crippen molar-refractivity contribution in [3.8, 4) is 0 Å². The summed E-state index contributed by atoms with van der Waals surface area (Å²) in [4.78, 5) is 16.4. The molecule has 2 heterocycles. The monoisotopic (exact) mass is 308 g/mol. The Bertz CT molecular complexity index is 559. The topological polar surface area (TPSA) is 76.2 Å². The standard InChI is InChI=1S/C15H28N6O/c1-4-12(2)18-14(16-3)17-9-7-11-21-15(22)20-10-6-5-8-13(20)19-21/h12H,4-11H2,1-3H3,(H2,16,17,18). The molecule has 0 aromatic carbocycles. The van der Waals surface area contributed by atoms with E-state index in [1.54, 1.807) is 11.7 Å². The third-order valence-corrected chi connectivity index (χ3v) is 4.09. The van der Waals surface area contributed by atoms with Crippen molar-refractivity contribution in [1.82, 2.24) is 25.0 Å². The van der Waals surface area contributed by atoms with Gasteiger partial charge in [-0.15, -0.1) is 0 Å². The number of aliphatic imine (C=N–C) groups is 1. The van der Waals surface area contributed by atoms with Gasteiger partial charge in [-0.25, -0.2) is 9.48 Å². The molecule has 7 nitrogen and oxygen atoms in total. The fraction of sp³-hybridized carbons (Fsp3) is 0.800. The van der Waals surface area contributed by atoms with Crippen LogP contribution in [0.3, 0.4) is 0 Å². The minimum absolute atomic E-state index is 0.0387. The lowest BCUT2D eigenvalue weighted by molar-refractivity contribution is 0.509.